The number of hydrogen-bond donors (Lipinski definition) is 2. The topological polar surface area (TPSA) is 66.6 Å². The zero-order valence-electron chi connectivity index (χ0n) is 10.2. The summed E-state index contributed by atoms with van der Waals surface area (Å²) >= 11 is 0. The van der Waals surface area contributed by atoms with Crippen molar-refractivity contribution in [2.75, 3.05) is 18.9 Å². The molecule has 1 aliphatic heterocycles. The molecule has 4 nitrogen and oxygen atoms in total. The van der Waals surface area contributed by atoms with Gasteiger partial charge in [-0.15, -0.1) is 0 Å². The standard InChI is InChI=1S/C14H18N2O2/c15-12-4-1-3-11(9-12)6-7-14(18)16-8-2-5-13(16)10-17/h1,3-4,6-7,9,13,17H,2,5,8,10,15H2/b7-6+/t13-/m0/s1. The molecular formula is C14H18N2O2. The van der Waals surface area contributed by atoms with E-state index >= 15 is 0 Å². The van der Waals surface area contributed by atoms with Gasteiger partial charge in [0.15, 0.2) is 0 Å². The molecule has 4 heteroatoms. The molecule has 1 heterocycles. The van der Waals surface area contributed by atoms with Crippen LogP contribution in [0, 0.1) is 0 Å². The summed E-state index contributed by atoms with van der Waals surface area (Å²) in [4.78, 5) is 13.7. The van der Waals surface area contributed by atoms with Crippen LogP contribution < -0.4 is 5.73 Å². The third kappa shape index (κ3) is 2.90. The number of benzene rings is 1. The Morgan fingerprint density at radius 1 is 1.56 bits per heavy atom. The van der Waals surface area contributed by atoms with Crippen molar-refractivity contribution >= 4 is 17.7 Å². The molecule has 0 radical (unpaired) electrons. The molecule has 2 rings (SSSR count). The maximum absolute atomic E-state index is 12.0. The van der Waals surface area contributed by atoms with Crippen LogP contribution in [-0.4, -0.2) is 35.1 Å². The average Bonchev–Trinajstić information content (AvgIpc) is 2.84. The summed E-state index contributed by atoms with van der Waals surface area (Å²) in [5, 5.41) is 9.17. The predicted molar refractivity (Wildman–Crippen MR) is 71.7 cm³/mol. The van der Waals surface area contributed by atoms with Gasteiger partial charge in [-0.05, 0) is 36.6 Å². The Balaban J connectivity index is 2.02. The highest BCUT2D eigenvalue weighted by Crippen LogP contribution is 2.17. The van der Waals surface area contributed by atoms with Gasteiger partial charge < -0.3 is 15.7 Å². The van der Waals surface area contributed by atoms with Crippen LogP contribution in [0.4, 0.5) is 5.69 Å². The number of carbonyl (C=O) groups excluding carboxylic acids is 1. The Morgan fingerprint density at radius 3 is 3.11 bits per heavy atom. The predicted octanol–water partition coefficient (Wildman–Crippen LogP) is 1.27. The lowest BCUT2D eigenvalue weighted by Crippen LogP contribution is -2.36. The van der Waals surface area contributed by atoms with Crippen molar-refractivity contribution in [1.82, 2.24) is 4.90 Å². The first-order valence-electron chi connectivity index (χ1n) is 6.16. The maximum atomic E-state index is 12.0. The van der Waals surface area contributed by atoms with E-state index in [2.05, 4.69) is 0 Å². The quantitative estimate of drug-likeness (QED) is 0.623. The first-order valence-corrected chi connectivity index (χ1v) is 6.16. The Hall–Kier alpha value is -1.81. The molecule has 0 bridgehead atoms. The number of nitrogen functional groups attached to an aromatic ring is 1. The summed E-state index contributed by atoms with van der Waals surface area (Å²) in [7, 11) is 0. The maximum Gasteiger partial charge on any atom is 0.246 e. The van der Waals surface area contributed by atoms with Crippen LogP contribution in [0.15, 0.2) is 30.3 Å². The van der Waals surface area contributed by atoms with Crippen LogP contribution >= 0.6 is 0 Å². The van der Waals surface area contributed by atoms with Gasteiger partial charge in [0.1, 0.15) is 0 Å². The molecule has 1 atom stereocenters. The monoisotopic (exact) mass is 246 g/mol. The minimum absolute atomic E-state index is 0.0250. The summed E-state index contributed by atoms with van der Waals surface area (Å²) in [5.41, 5.74) is 7.25. The molecule has 96 valence electrons. The molecule has 1 saturated heterocycles. The van der Waals surface area contributed by atoms with Gasteiger partial charge in [0.25, 0.3) is 0 Å². The summed E-state index contributed by atoms with van der Waals surface area (Å²) < 4.78 is 0. The summed E-state index contributed by atoms with van der Waals surface area (Å²) in [6.07, 6.45) is 5.14. The van der Waals surface area contributed by atoms with E-state index in [1.165, 1.54) is 0 Å². The summed E-state index contributed by atoms with van der Waals surface area (Å²) in [6.45, 7) is 0.767. The molecule has 0 aliphatic carbocycles. The number of amides is 1. The minimum Gasteiger partial charge on any atom is -0.399 e. The van der Waals surface area contributed by atoms with Crippen molar-refractivity contribution in [1.29, 1.82) is 0 Å². The van der Waals surface area contributed by atoms with E-state index < -0.39 is 0 Å². The molecule has 1 fully saturated rings. The average molecular weight is 246 g/mol. The van der Waals surface area contributed by atoms with E-state index in [0.29, 0.717) is 5.69 Å². The molecule has 0 spiro atoms. The molecule has 1 aliphatic rings. The van der Waals surface area contributed by atoms with Crippen LogP contribution in [0.25, 0.3) is 6.08 Å². The van der Waals surface area contributed by atoms with Crippen molar-refractivity contribution in [3.05, 3.63) is 35.9 Å². The summed E-state index contributed by atoms with van der Waals surface area (Å²) in [5.74, 6) is -0.0472. The molecule has 1 aromatic rings. The number of rotatable bonds is 3. The largest absolute Gasteiger partial charge is 0.399 e. The van der Waals surface area contributed by atoms with Crippen LogP contribution in [0.2, 0.25) is 0 Å². The fraction of sp³-hybridized carbons (Fsp3) is 0.357. The van der Waals surface area contributed by atoms with Gasteiger partial charge in [0.05, 0.1) is 12.6 Å². The lowest BCUT2D eigenvalue weighted by molar-refractivity contribution is -0.127. The second kappa shape index (κ2) is 5.69. The zero-order chi connectivity index (χ0) is 13.0. The van der Waals surface area contributed by atoms with Gasteiger partial charge in [-0.1, -0.05) is 12.1 Å². The number of aliphatic hydroxyl groups is 1. The number of anilines is 1. The van der Waals surface area contributed by atoms with Gasteiger partial charge >= 0.3 is 0 Å². The van der Waals surface area contributed by atoms with Crippen molar-refractivity contribution in [3.63, 3.8) is 0 Å². The number of nitrogens with two attached hydrogens (primary N) is 1. The first kappa shape index (κ1) is 12.6. The first-order chi connectivity index (χ1) is 8.70. The van der Waals surface area contributed by atoms with Crippen LogP contribution in [0.1, 0.15) is 18.4 Å². The number of carbonyl (C=O) groups is 1. The summed E-state index contributed by atoms with van der Waals surface area (Å²) in [6, 6.07) is 7.35. The third-order valence-corrected chi connectivity index (χ3v) is 3.20. The Labute approximate surface area is 107 Å². The Bertz CT molecular complexity index is 457. The van der Waals surface area contributed by atoms with E-state index in [1.54, 1.807) is 23.1 Å². The Kier molecular flexibility index (Phi) is 3.99. The highest BCUT2D eigenvalue weighted by atomic mass is 16.3. The second-order valence-electron chi connectivity index (χ2n) is 4.51. The van der Waals surface area contributed by atoms with Gasteiger partial charge in [-0.3, -0.25) is 4.79 Å². The molecular weight excluding hydrogens is 228 g/mol. The molecule has 18 heavy (non-hydrogen) atoms. The van der Waals surface area contributed by atoms with Gasteiger partial charge in [-0.2, -0.15) is 0 Å². The smallest absolute Gasteiger partial charge is 0.246 e. The fourth-order valence-electron chi connectivity index (χ4n) is 2.24. The van der Waals surface area contributed by atoms with Crippen molar-refractivity contribution in [2.24, 2.45) is 0 Å². The molecule has 0 unspecified atom stereocenters. The van der Waals surface area contributed by atoms with E-state index in [9.17, 15) is 9.90 Å². The lowest BCUT2D eigenvalue weighted by atomic mass is 10.2. The number of nitrogens with zero attached hydrogens (tertiary/aromatic N) is 1. The number of likely N-dealkylation sites (tertiary alicyclic amines) is 1. The van der Waals surface area contributed by atoms with Crippen LogP contribution in [-0.2, 0) is 4.79 Å². The second-order valence-corrected chi connectivity index (χ2v) is 4.51. The Morgan fingerprint density at radius 2 is 2.39 bits per heavy atom. The van der Waals surface area contributed by atoms with E-state index in [0.717, 1.165) is 24.9 Å². The van der Waals surface area contributed by atoms with Gasteiger partial charge in [0, 0.05) is 18.3 Å². The van der Waals surface area contributed by atoms with Crippen molar-refractivity contribution in [2.45, 2.75) is 18.9 Å². The van der Waals surface area contributed by atoms with Crippen molar-refractivity contribution < 1.29 is 9.90 Å². The minimum atomic E-state index is -0.0472. The van der Waals surface area contributed by atoms with Gasteiger partial charge in [0.2, 0.25) is 5.91 Å². The molecule has 3 N–H and O–H groups in total. The highest BCUT2D eigenvalue weighted by molar-refractivity contribution is 5.92. The van der Waals surface area contributed by atoms with Crippen molar-refractivity contribution in [3.8, 4) is 0 Å². The molecule has 1 amide bonds. The molecule has 0 aromatic heterocycles. The van der Waals surface area contributed by atoms with Crippen LogP contribution in [0.3, 0.4) is 0 Å². The SMILES string of the molecule is Nc1cccc(/C=C/C(=O)N2CCC[C@H]2CO)c1. The normalized spacial score (nSPS) is 19.6. The van der Waals surface area contributed by atoms with E-state index in [-0.39, 0.29) is 18.6 Å². The third-order valence-electron chi connectivity index (χ3n) is 3.20. The van der Waals surface area contributed by atoms with E-state index in [4.69, 9.17) is 5.73 Å². The highest BCUT2D eigenvalue weighted by Gasteiger charge is 2.26. The van der Waals surface area contributed by atoms with Gasteiger partial charge in [-0.25, -0.2) is 0 Å². The number of hydrogen-bond acceptors (Lipinski definition) is 3. The zero-order valence-corrected chi connectivity index (χ0v) is 10.2. The molecule has 1 aromatic carbocycles. The molecule has 0 saturated carbocycles. The van der Waals surface area contributed by atoms with Crippen LogP contribution in [0.5, 0.6) is 0 Å². The fourth-order valence-corrected chi connectivity index (χ4v) is 2.24. The van der Waals surface area contributed by atoms with E-state index in [1.807, 2.05) is 18.2 Å². The number of aliphatic hydroxyl groups excluding tert-OH is 1. The lowest BCUT2D eigenvalue weighted by Gasteiger charge is -2.21.